The quantitative estimate of drug-likeness (QED) is 0.282. The number of alkyl halides is 3. The average molecular weight is 441 g/mol. The first-order chi connectivity index (χ1) is 15.2. The van der Waals surface area contributed by atoms with Crippen molar-refractivity contribution in [1.82, 2.24) is 0 Å². The van der Waals surface area contributed by atoms with Crippen LogP contribution in [0.4, 0.5) is 18.9 Å². The molecule has 0 fully saturated rings. The van der Waals surface area contributed by atoms with Gasteiger partial charge in [-0.25, -0.2) is 0 Å². The molecule has 0 aliphatic rings. The summed E-state index contributed by atoms with van der Waals surface area (Å²) in [5.74, 6) is -1.20. The second kappa shape index (κ2) is 8.18. The lowest BCUT2D eigenvalue weighted by Crippen LogP contribution is -2.16. The minimum absolute atomic E-state index is 0.0143. The van der Waals surface area contributed by atoms with Gasteiger partial charge < -0.3 is 9.15 Å². The Kier molecular flexibility index (Phi) is 5.40. The van der Waals surface area contributed by atoms with Gasteiger partial charge in [-0.1, -0.05) is 30.3 Å². The summed E-state index contributed by atoms with van der Waals surface area (Å²) < 4.78 is 51.8. The molecule has 1 aromatic heterocycles. The van der Waals surface area contributed by atoms with Crippen molar-refractivity contribution in [2.24, 2.45) is 0 Å². The van der Waals surface area contributed by atoms with E-state index in [2.05, 4.69) is 0 Å². The molecule has 9 heteroatoms. The van der Waals surface area contributed by atoms with Crippen molar-refractivity contribution < 1.29 is 27.2 Å². The molecule has 0 N–H and O–H groups in total. The molecule has 162 valence electrons. The van der Waals surface area contributed by atoms with E-state index in [1.54, 1.807) is 6.07 Å². The van der Waals surface area contributed by atoms with E-state index in [9.17, 15) is 28.1 Å². The van der Waals surface area contributed by atoms with Gasteiger partial charge in [-0.3, -0.25) is 14.9 Å². The van der Waals surface area contributed by atoms with E-state index in [4.69, 9.17) is 9.15 Å². The summed E-state index contributed by atoms with van der Waals surface area (Å²) in [7, 11) is 0. The Bertz CT molecular complexity index is 1350. The van der Waals surface area contributed by atoms with Crippen molar-refractivity contribution in [1.29, 1.82) is 0 Å². The highest BCUT2D eigenvalue weighted by atomic mass is 19.4. The third kappa shape index (κ3) is 4.18. The second-order valence-electron chi connectivity index (χ2n) is 6.87. The minimum atomic E-state index is -4.88. The number of ether oxygens (including phenoxy) is 1. The molecule has 0 aliphatic heterocycles. The fraction of sp³-hybridized carbons (Fsp3) is 0.0870. The molecule has 32 heavy (non-hydrogen) atoms. The monoisotopic (exact) mass is 441 g/mol. The zero-order valence-corrected chi connectivity index (χ0v) is 16.3. The highest BCUT2D eigenvalue weighted by Crippen LogP contribution is 2.37. The van der Waals surface area contributed by atoms with Gasteiger partial charge in [0.25, 0.3) is 5.69 Å². The molecule has 6 nitrogen and oxygen atoms in total. The van der Waals surface area contributed by atoms with Crippen molar-refractivity contribution in [2.45, 2.75) is 12.8 Å². The number of fused-ring (bicyclic) bond motifs is 1. The molecule has 1 heterocycles. The van der Waals surface area contributed by atoms with E-state index in [-0.39, 0.29) is 34.6 Å². The van der Waals surface area contributed by atoms with Crippen molar-refractivity contribution >= 4 is 16.7 Å². The fourth-order valence-corrected chi connectivity index (χ4v) is 3.21. The number of hydrogen-bond acceptors (Lipinski definition) is 5. The fourth-order valence-electron chi connectivity index (χ4n) is 3.21. The Morgan fingerprint density at radius 2 is 1.66 bits per heavy atom. The number of hydrogen-bond donors (Lipinski definition) is 0. The highest BCUT2D eigenvalue weighted by Gasteiger charge is 2.39. The van der Waals surface area contributed by atoms with Crippen LogP contribution < -0.4 is 10.2 Å². The van der Waals surface area contributed by atoms with Gasteiger partial charge in [0.05, 0.1) is 15.9 Å². The van der Waals surface area contributed by atoms with Gasteiger partial charge in [-0.15, -0.1) is 0 Å². The Labute approximate surface area is 178 Å². The van der Waals surface area contributed by atoms with Crippen LogP contribution in [0.5, 0.6) is 5.75 Å². The van der Waals surface area contributed by atoms with Gasteiger partial charge in [0, 0.05) is 18.2 Å². The number of nitro benzene ring substituents is 1. The summed E-state index contributed by atoms with van der Waals surface area (Å²) in [6.07, 6.45) is -4.88. The van der Waals surface area contributed by atoms with Crippen molar-refractivity contribution in [3.63, 3.8) is 0 Å². The maximum Gasteiger partial charge on any atom is 0.450 e. The maximum atomic E-state index is 13.7. The summed E-state index contributed by atoms with van der Waals surface area (Å²) in [4.78, 5) is 23.1. The average Bonchev–Trinajstić information content (AvgIpc) is 2.77. The number of rotatable bonds is 5. The molecule has 0 radical (unpaired) electrons. The number of halogens is 3. The Morgan fingerprint density at radius 3 is 2.28 bits per heavy atom. The summed E-state index contributed by atoms with van der Waals surface area (Å²) in [6, 6.07) is 17.2. The van der Waals surface area contributed by atoms with Crippen LogP contribution in [0.15, 0.2) is 82.0 Å². The van der Waals surface area contributed by atoms with Gasteiger partial charge in [0.1, 0.15) is 17.9 Å². The van der Waals surface area contributed by atoms with Gasteiger partial charge in [0.2, 0.25) is 11.2 Å². The molecule has 0 atom stereocenters. The highest BCUT2D eigenvalue weighted by molar-refractivity contribution is 5.84. The van der Waals surface area contributed by atoms with E-state index in [0.717, 1.165) is 0 Å². The molecule has 0 bridgehead atoms. The lowest BCUT2D eigenvalue weighted by atomic mass is 10.0. The lowest BCUT2D eigenvalue weighted by molar-refractivity contribution is -0.384. The standard InChI is InChI=1S/C23H14F3NO5/c24-23(25,26)22-20(15-4-2-1-3-5-15)21(28)18-11-10-17(12-19(18)32-22)31-13-14-6-8-16(9-7-14)27(29)30/h1-12H,13H2. The van der Waals surface area contributed by atoms with Gasteiger partial charge >= 0.3 is 6.18 Å². The molecular formula is C23H14F3NO5. The SMILES string of the molecule is O=c1c(-c2ccccc2)c(C(F)(F)F)oc2cc(OCc3ccc([N+](=O)[O-])cc3)ccc12. The van der Waals surface area contributed by atoms with E-state index < -0.39 is 27.9 Å². The zero-order valence-electron chi connectivity index (χ0n) is 16.3. The summed E-state index contributed by atoms with van der Waals surface area (Å²) in [6.45, 7) is 0.0158. The van der Waals surface area contributed by atoms with Crippen molar-refractivity contribution in [2.75, 3.05) is 0 Å². The number of non-ortho nitro benzene ring substituents is 1. The predicted molar refractivity (Wildman–Crippen MR) is 110 cm³/mol. The topological polar surface area (TPSA) is 82.6 Å². The molecule has 0 aliphatic carbocycles. The Morgan fingerprint density at radius 1 is 0.969 bits per heavy atom. The van der Waals surface area contributed by atoms with Crippen LogP contribution in [0.3, 0.4) is 0 Å². The Hall–Kier alpha value is -4.14. The van der Waals surface area contributed by atoms with Crippen LogP contribution in [0, 0.1) is 10.1 Å². The van der Waals surface area contributed by atoms with Crippen LogP contribution in [0.25, 0.3) is 22.1 Å². The summed E-state index contributed by atoms with van der Waals surface area (Å²) in [5.41, 5.74) is -0.961. The van der Waals surface area contributed by atoms with Crippen molar-refractivity contribution in [3.05, 3.63) is 104 Å². The first-order valence-corrected chi connectivity index (χ1v) is 9.33. The van der Waals surface area contributed by atoms with E-state index >= 15 is 0 Å². The molecule has 0 saturated carbocycles. The van der Waals surface area contributed by atoms with E-state index in [0.29, 0.717) is 5.56 Å². The first-order valence-electron chi connectivity index (χ1n) is 9.33. The zero-order chi connectivity index (χ0) is 22.9. The van der Waals surface area contributed by atoms with Gasteiger partial charge in [-0.2, -0.15) is 13.2 Å². The molecule has 3 aromatic carbocycles. The van der Waals surface area contributed by atoms with Gasteiger partial charge in [-0.05, 0) is 35.4 Å². The second-order valence-corrected chi connectivity index (χ2v) is 6.87. The summed E-state index contributed by atoms with van der Waals surface area (Å²) in [5, 5.41) is 10.7. The lowest BCUT2D eigenvalue weighted by Gasteiger charge is -2.13. The first kappa shape index (κ1) is 21.1. The minimum Gasteiger partial charge on any atom is -0.489 e. The van der Waals surface area contributed by atoms with Gasteiger partial charge in [0.15, 0.2) is 0 Å². The number of benzene rings is 3. The predicted octanol–water partition coefficient (Wildman–Crippen LogP) is 5.97. The third-order valence-electron chi connectivity index (χ3n) is 4.74. The van der Waals surface area contributed by atoms with Crippen LogP contribution in [-0.4, -0.2) is 4.92 Å². The molecule has 0 spiro atoms. The number of nitrogens with zero attached hydrogens (tertiary/aromatic N) is 1. The van der Waals surface area contributed by atoms with E-state index in [1.807, 2.05) is 0 Å². The van der Waals surface area contributed by atoms with E-state index in [1.165, 1.54) is 66.7 Å². The number of nitro groups is 1. The summed E-state index contributed by atoms with van der Waals surface area (Å²) >= 11 is 0. The van der Waals surface area contributed by atoms with Crippen LogP contribution in [0.2, 0.25) is 0 Å². The molecular weight excluding hydrogens is 427 g/mol. The largest absolute Gasteiger partial charge is 0.489 e. The normalized spacial score (nSPS) is 11.5. The molecule has 0 unspecified atom stereocenters. The third-order valence-corrected chi connectivity index (χ3v) is 4.74. The Balaban J connectivity index is 1.71. The molecule has 0 saturated heterocycles. The maximum absolute atomic E-state index is 13.7. The molecule has 4 rings (SSSR count). The molecule has 4 aromatic rings. The van der Waals surface area contributed by atoms with Crippen molar-refractivity contribution in [3.8, 4) is 16.9 Å². The smallest absolute Gasteiger partial charge is 0.450 e. The molecule has 0 amide bonds. The van der Waals surface area contributed by atoms with Crippen LogP contribution in [-0.2, 0) is 12.8 Å². The van der Waals surface area contributed by atoms with Crippen LogP contribution >= 0.6 is 0 Å². The van der Waals surface area contributed by atoms with Crippen LogP contribution in [0.1, 0.15) is 11.3 Å².